The minimum atomic E-state index is -3.62. The molecule has 0 bridgehead atoms. The summed E-state index contributed by atoms with van der Waals surface area (Å²) in [6.07, 6.45) is 2.03. The van der Waals surface area contributed by atoms with Gasteiger partial charge >= 0.3 is 0 Å². The summed E-state index contributed by atoms with van der Waals surface area (Å²) in [5, 5.41) is 0. The molecule has 0 aliphatic heterocycles. The molecular formula is C18H20N2O3S. The minimum absolute atomic E-state index is 0.00518. The molecule has 1 N–H and O–H groups in total. The summed E-state index contributed by atoms with van der Waals surface area (Å²) in [4.78, 5) is 13.8. The molecule has 0 spiro atoms. The fourth-order valence-corrected chi connectivity index (χ4v) is 3.83. The minimum Gasteiger partial charge on any atom is -0.310 e. The van der Waals surface area contributed by atoms with Gasteiger partial charge in [0, 0.05) is 24.3 Å². The normalized spacial score (nSPS) is 14.2. The second kappa shape index (κ2) is 6.28. The summed E-state index contributed by atoms with van der Waals surface area (Å²) in [7, 11) is -3.62. The molecule has 0 unspecified atom stereocenters. The first-order chi connectivity index (χ1) is 11.4. The Balaban J connectivity index is 1.80. The van der Waals surface area contributed by atoms with Crippen molar-refractivity contribution in [1.29, 1.82) is 0 Å². The Labute approximate surface area is 142 Å². The monoisotopic (exact) mass is 344 g/mol. The number of carbonyl (C=O) groups excluding carboxylic acids is 1. The van der Waals surface area contributed by atoms with E-state index in [9.17, 15) is 13.2 Å². The average molecular weight is 344 g/mol. The molecule has 24 heavy (non-hydrogen) atoms. The summed E-state index contributed by atoms with van der Waals surface area (Å²) < 4.78 is 27.4. The van der Waals surface area contributed by atoms with Crippen molar-refractivity contribution < 1.29 is 13.2 Å². The van der Waals surface area contributed by atoms with Gasteiger partial charge in [0.15, 0.2) is 0 Å². The number of carbonyl (C=O) groups is 1. The lowest BCUT2D eigenvalue weighted by atomic mass is 10.2. The first kappa shape index (κ1) is 16.5. The number of nitrogens with one attached hydrogen (secondary N) is 1. The van der Waals surface area contributed by atoms with Crippen LogP contribution in [-0.2, 0) is 14.8 Å². The highest BCUT2D eigenvalue weighted by Crippen LogP contribution is 2.32. The van der Waals surface area contributed by atoms with Gasteiger partial charge in [-0.25, -0.2) is 8.42 Å². The lowest BCUT2D eigenvalue weighted by molar-refractivity contribution is -0.116. The van der Waals surface area contributed by atoms with Gasteiger partial charge in [-0.05, 0) is 61.7 Å². The molecule has 5 nitrogen and oxygen atoms in total. The lowest BCUT2D eigenvalue weighted by Gasteiger charge is -2.21. The van der Waals surface area contributed by atoms with E-state index in [1.165, 1.54) is 0 Å². The van der Waals surface area contributed by atoms with Crippen molar-refractivity contribution in [1.82, 2.24) is 0 Å². The third-order valence-corrected chi connectivity index (χ3v) is 5.33. The van der Waals surface area contributed by atoms with E-state index in [0.29, 0.717) is 5.69 Å². The molecule has 1 amide bonds. The van der Waals surface area contributed by atoms with Gasteiger partial charge in [-0.3, -0.25) is 9.52 Å². The SMILES string of the molecule is CC(=O)N(c1ccc(NS(=O)(=O)c2cccc(C)c2)cc1)C1CC1. The Morgan fingerprint density at radius 3 is 2.33 bits per heavy atom. The van der Waals surface area contributed by atoms with E-state index in [1.807, 2.05) is 13.0 Å². The van der Waals surface area contributed by atoms with Crippen LogP contribution in [0.1, 0.15) is 25.3 Å². The number of aryl methyl sites for hydroxylation is 1. The molecule has 6 heteroatoms. The van der Waals surface area contributed by atoms with Crippen LogP contribution < -0.4 is 9.62 Å². The van der Waals surface area contributed by atoms with Crippen LogP contribution in [0.4, 0.5) is 11.4 Å². The fourth-order valence-electron chi connectivity index (χ4n) is 2.67. The van der Waals surface area contributed by atoms with E-state index >= 15 is 0 Å². The Morgan fingerprint density at radius 1 is 1.12 bits per heavy atom. The van der Waals surface area contributed by atoms with Crippen LogP contribution in [-0.4, -0.2) is 20.4 Å². The number of amides is 1. The van der Waals surface area contributed by atoms with Crippen molar-refractivity contribution in [2.45, 2.75) is 37.6 Å². The number of hydrogen-bond acceptors (Lipinski definition) is 3. The average Bonchev–Trinajstić information content (AvgIpc) is 3.33. The zero-order valence-electron chi connectivity index (χ0n) is 13.7. The number of hydrogen-bond donors (Lipinski definition) is 1. The molecule has 1 aliphatic carbocycles. The van der Waals surface area contributed by atoms with Crippen molar-refractivity contribution in [3.05, 3.63) is 54.1 Å². The maximum absolute atomic E-state index is 12.4. The number of sulfonamides is 1. The number of anilines is 2. The molecule has 0 aromatic heterocycles. The zero-order valence-corrected chi connectivity index (χ0v) is 14.5. The van der Waals surface area contributed by atoms with Crippen LogP contribution >= 0.6 is 0 Å². The predicted octanol–water partition coefficient (Wildman–Crippen LogP) is 3.31. The third kappa shape index (κ3) is 3.59. The Hall–Kier alpha value is -2.34. The van der Waals surface area contributed by atoms with Gasteiger partial charge in [0.1, 0.15) is 0 Å². The van der Waals surface area contributed by atoms with E-state index in [2.05, 4.69) is 4.72 Å². The number of rotatable bonds is 5. The maximum Gasteiger partial charge on any atom is 0.261 e. The van der Waals surface area contributed by atoms with Crippen LogP contribution in [0.2, 0.25) is 0 Å². The van der Waals surface area contributed by atoms with E-state index in [1.54, 1.807) is 54.3 Å². The Kier molecular flexibility index (Phi) is 4.32. The molecule has 0 atom stereocenters. The number of nitrogens with zero attached hydrogens (tertiary/aromatic N) is 1. The highest BCUT2D eigenvalue weighted by Gasteiger charge is 2.31. The van der Waals surface area contributed by atoms with Gasteiger partial charge in [-0.1, -0.05) is 12.1 Å². The first-order valence-corrected chi connectivity index (χ1v) is 9.34. The highest BCUT2D eigenvalue weighted by molar-refractivity contribution is 7.92. The molecule has 3 rings (SSSR count). The third-order valence-electron chi connectivity index (χ3n) is 3.95. The van der Waals surface area contributed by atoms with Crippen LogP contribution in [0, 0.1) is 6.92 Å². The van der Waals surface area contributed by atoms with Crippen LogP contribution in [0.25, 0.3) is 0 Å². The quantitative estimate of drug-likeness (QED) is 0.905. The molecule has 1 aliphatic rings. The first-order valence-electron chi connectivity index (χ1n) is 7.86. The summed E-state index contributed by atoms with van der Waals surface area (Å²) in [6.45, 7) is 3.40. The fraction of sp³-hybridized carbons (Fsp3) is 0.278. The summed E-state index contributed by atoms with van der Waals surface area (Å²) >= 11 is 0. The van der Waals surface area contributed by atoms with Gasteiger partial charge in [-0.2, -0.15) is 0 Å². The van der Waals surface area contributed by atoms with Gasteiger partial charge in [0.25, 0.3) is 10.0 Å². The zero-order chi connectivity index (χ0) is 17.3. The smallest absolute Gasteiger partial charge is 0.261 e. The summed E-state index contributed by atoms with van der Waals surface area (Å²) in [5.41, 5.74) is 2.15. The second-order valence-electron chi connectivity index (χ2n) is 6.09. The van der Waals surface area contributed by atoms with E-state index in [-0.39, 0.29) is 16.8 Å². The molecule has 0 saturated heterocycles. The molecule has 0 radical (unpaired) electrons. The topological polar surface area (TPSA) is 66.5 Å². The van der Waals surface area contributed by atoms with Crippen molar-refractivity contribution in [3.63, 3.8) is 0 Å². The molecule has 1 saturated carbocycles. The lowest BCUT2D eigenvalue weighted by Crippen LogP contribution is -2.30. The number of benzene rings is 2. The van der Waals surface area contributed by atoms with Crippen LogP contribution in [0.15, 0.2) is 53.4 Å². The van der Waals surface area contributed by atoms with Crippen molar-refractivity contribution in [3.8, 4) is 0 Å². The van der Waals surface area contributed by atoms with E-state index in [0.717, 1.165) is 24.1 Å². The van der Waals surface area contributed by atoms with Gasteiger partial charge in [-0.15, -0.1) is 0 Å². The largest absolute Gasteiger partial charge is 0.310 e. The van der Waals surface area contributed by atoms with Crippen LogP contribution in [0.3, 0.4) is 0 Å². The predicted molar refractivity (Wildman–Crippen MR) is 94.6 cm³/mol. The van der Waals surface area contributed by atoms with Gasteiger partial charge in [0.2, 0.25) is 5.91 Å². The van der Waals surface area contributed by atoms with E-state index in [4.69, 9.17) is 0 Å². The Bertz CT molecular complexity index is 856. The molecular weight excluding hydrogens is 324 g/mol. The van der Waals surface area contributed by atoms with E-state index < -0.39 is 10.0 Å². The molecule has 1 fully saturated rings. The van der Waals surface area contributed by atoms with Crippen molar-refractivity contribution >= 4 is 27.3 Å². The van der Waals surface area contributed by atoms with Crippen molar-refractivity contribution in [2.24, 2.45) is 0 Å². The van der Waals surface area contributed by atoms with Gasteiger partial charge < -0.3 is 4.90 Å². The van der Waals surface area contributed by atoms with Crippen LogP contribution in [0.5, 0.6) is 0 Å². The molecule has 126 valence electrons. The standard InChI is InChI=1S/C18H20N2O3S/c1-13-4-3-5-18(12-13)24(22,23)19-15-6-8-16(9-7-15)20(14(2)21)17-10-11-17/h3-9,12,17,19H,10-11H2,1-2H3. The second-order valence-corrected chi connectivity index (χ2v) is 7.77. The van der Waals surface area contributed by atoms with Gasteiger partial charge in [0.05, 0.1) is 4.90 Å². The van der Waals surface area contributed by atoms with Crippen molar-refractivity contribution in [2.75, 3.05) is 9.62 Å². The Morgan fingerprint density at radius 2 is 1.79 bits per heavy atom. The summed E-state index contributed by atoms with van der Waals surface area (Å²) in [5.74, 6) is 0.00518. The summed E-state index contributed by atoms with van der Waals surface area (Å²) in [6, 6.07) is 13.9. The molecule has 0 heterocycles. The highest BCUT2D eigenvalue weighted by atomic mass is 32.2. The molecule has 2 aromatic carbocycles. The maximum atomic E-state index is 12.4. The molecule has 2 aromatic rings.